The van der Waals surface area contributed by atoms with E-state index in [-0.39, 0.29) is 12.5 Å². The van der Waals surface area contributed by atoms with Crippen molar-refractivity contribution in [3.8, 4) is 0 Å². The third kappa shape index (κ3) is 3.26. The summed E-state index contributed by atoms with van der Waals surface area (Å²) in [6.07, 6.45) is 3.02. The molecule has 0 unspecified atom stereocenters. The summed E-state index contributed by atoms with van der Waals surface area (Å²) in [7, 11) is 0. The van der Waals surface area contributed by atoms with Crippen molar-refractivity contribution in [1.82, 2.24) is 14.8 Å². The second kappa shape index (κ2) is 6.52. The Bertz CT molecular complexity index is 608. The van der Waals surface area contributed by atoms with Crippen molar-refractivity contribution in [2.75, 3.05) is 19.8 Å². The van der Waals surface area contributed by atoms with Crippen LogP contribution in [-0.2, 0) is 21.8 Å². The van der Waals surface area contributed by atoms with E-state index in [1.54, 1.807) is 29.2 Å². The molecule has 0 saturated carbocycles. The first-order valence-corrected chi connectivity index (χ1v) is 7.55. The average molecular weight is 344 g/mol. The van der Waals surface area contributed by atoms with E-state index in [2.05, 4.69) is 10.1 Å². The number of hydrogen-bond donors (Lipinski definition) is 1. The molecule has 118 valence electrons. The molecule has 0 bridgehead atoms. The summed E-state index contributed by atoms with van der Waals surface area (Å²) in [4.78, 5) is 3.93. The Balaban J connectivity index is 1.95. The molecular weight excluding hydrogens is 329 g/mol. The van der Waals surface area contributed by atoms with E-state index in [9.17, 15) is 5.11 Å². The number of rotatable bonds is 4. The van der Waals surface area contributed by atoms with Crippen LogP contribution in [0.15, 0.2) is 30.9 Å². The van der Waals surface area contributed by atoms with Gasteiger partial charge in [-0.05, 0) is 18.2 Å². The van der Waals surface area contributed by atoms with Crippen LogP contribution in [0.2, 0.25) is 10.0 Å². The minimum Gasteiger partial charge on any atom is -0.396 e. The van der Waals surface area contributed by atoms with Crippen LogP contribution in [0, 0.1) is 5.92 Å². The van der Waals surface area contributed by atoms with Crippen LogP contribution in [-0.4, -0.2) is 39.7 Å². The Morgan fingerprint density at radius 3 is 2.45 bits per heavy atom. The highest BCUT2D eigenvalue weighted by Gasteiger charge is 2.40. The number of aromatic nitrogens is 3. The molecule has 0 aliphatic carbocycles. The van der Waals surface area contributed by atoms with Crippen LogP contribution in [0.3, 0.4) is 0 Å². The van der Waals surface area contributed by atoms with Gasteiger partial charge in [0.05, 0.1) is 19.8 Å². The van der Waals surface area contributed by atoms with Crippen molar-refractivity contribution in [1.29, 1.82) is 0 Å². The van der Waals surface area contributed by atoms with Gasteiger partial charge in [-0.25, -0.2) is 9.67 Å². The summed E-state index contributed by atoms with van der Waals surface area (Å²) >= 11 is 12.2. The summed E-state index contributed by atoms with van der Waals surface area (Å²) < 4.78 is 13.5. The molecule has 0 radical (unpaired) electrons. The van der Waals surface area contributed by atoms with Crippen molar-refractivity contribution in [2.45, 2.75) is 12.3 Å². The van der Waals surface area contributed by atoms with Crippen molar-refractivity contribution in [3.63, 3.8) is 0 Å². The number of halogens is 2. The molecule has 1 aliphatic heterocycles. The molecule has 0 spiro atoms. The predicted octanol–water partition coefficient (Wildman–Crippen LogP) is 2.09. The number of hydrogen-bond acceptors (Lipinski definition) is 5. The lowest BCUT2D eigenvalue weighted by molar-refractivity contribution is -0.302. The van der Waals surface area contributed by atoms with Crippen molar-refractivity contribution < 1.29 is 14.6 Å². The first kappa shape index (κ1) is 15.7. The van der Waals surface area contributed by atoms with E-state index >= 15 is 0 Å². The van der Waals surface area contributed by atoms with Crippen LogP contribution >= 0.6 is 23.2 Å². The summed E-state index contributed by atoms with van der Waals surface area (Å²) in [6.45, 7) is 1.06. The molecule has 1 fully saturated rings. The lowest BCUT2D eigenvalue weighted by atomic mass is 10.0. The normalized spacial score (nSPS) is 25.3. The Morgan fingerprint density at radius 1 is 1.23 bits per heavy atom. The Hall–Kier alpha value is -1.18. The van der Waals surface area contributed by atoms with Gasteiger partial charge < -0.3 is 14.6 Å². The van der Waals surface area contributed by atoms with Gasteiger partial charge in [0.25, 0.3) is 0 Å². The molecule has 1 aliphatic rings. The number of aliphatic hydroxyl groups excluding tert-OH is 1. The molecule has 6 nitrogen and oxygen atoms in total. The monoisotopic (exact) mass is 343 g/mol. The highest BCUT2D eigenvalue weighted by atomic mass is 35.5. The van der Waals surface area contributed by atoms with Gasteiger partial charge in [0.15, 0.2) is 0 Å². The summed E-state index contributed by atoms with van der Waals surface area (Å²) in [5, 5.41) is 14.3. The molecule has 1 N–H and O–H groups in total. The molecule has 22 heavy (non-hydrogen) atoms. The Labute approximate surface area is 137 Å². The van der Waals surface area contributed by atoms with Gasteiger partial charge in [-0.2, -0.15) is 5.10 Å². The number of benzene rings is 1. The number of aliphatic hydroxyl groups is 1. The van der Waals surface area contributed by atoms with Gasteiger partial charge in [0.2, 0.25) is 5.79 Å². The van der Waals surface area contributed by atoms with Crippen LogP contribution < -0.4 is 0 Å². The SMILES string of the molecule is OC[C@H]1CO[C@@](Cn2cncn2)(c2cc(Cl)cc(Cl)c2)OC1. The predicted molar refractivity (Wildman–Crippen MR) is 80.6 cm³/mol. The zero-order chi connectivity index (χ0) is 15.6. The lowest BCUT2D eigenvalue weighted by Gasteiger charge is -2.40. The van der Waals surface area contributed by atoms with E-state index in [4.69, 9.17) is 32.7 Å². The first-order chi connectivity index (χ1) is 10.6. The molecule has 8 heteroatoms. The molecule has 3 rings (SSSR count). The maximum atomic E-state index is 9.25. The van der Waals surface area contributed by atoms with E-state index < -0.39 is 5.79 Å². The number of ether oxygens (including phenoxy) is 2. The van der Waals surface area contributed by atoms with Crippen LogP contribution in [0.1, 0.15) is 5.56 Å². The smallest absolute Gasteiger partial charge is 0.215 e. The minimum absolute atomic E-state index is 0.00963. The highest BCUT2D eigenvalue weighted by Crippen LogP contribution is 2.36. The number of nitrogens with zero attached hydrogens (tertiary/aromatic N) is 3. The maximum absolute atomic E-state index is 9.25. The summed E-state index contributed by atoms with van der Waals surface area (Å²) in [6, 6.07) is 5.16. The van der Waals surface area contributed by atoms with Crippen molar-refractivity contribution >= 4 is 23.2 Å². The second-order valence-corrected chi connectivity index (χ2v) is 6.05. The summed E-state index contributed by atoms with van der Waals surface area (Å²) in [5.74, 6) is -1.12. The molecule has 0 amide bonds. The fraction of sp³-hybridized carbons (Fsp3) is 0.429. The molecule has 1 aromatic heterocycles. The Kier molecular flexibility index (Phi) is 4.65. The third-order valence-electron chi connectivity index (χ3n) is 3.50. The molecular formula is C14H15Cl2N3O3. The molecule has 1 saturated heterocycles. The fourth-order valence-corrected chi connectivity index (χ4v) is 2.88. The second-order valence-electron chi connectivity index (χ2n) is 5.17. The minimum atomic E-state index is -1.06. The van der Waals surface area contributed by atoms with Gasteiger partial charge in [0, 0.05) is 21.5 Å². The molecule has 2 aromatic rings. The average Bonchev–Trinajstić information content (AvgIpc) is 3.00. The van der Waals surface area contributed by atoms with Crippen LogP contribution in [0.25, 0.3) is 0 Å². The molecule has 0 atom stereocenters. The molecule has 1 aromatic carbocycles. The lowest BCUT2D eigenvalue weighted by Crippen LogP contribution is -2.46. The van der Waals surface area contributed by atoms with Crippen LogP contribution in [0.4, 0.5) is 0 Å². The zero-order valence-electron chi connectivity index (χ0n) is 11.7. The van der Waals surface area contributed by atoms with Crippen molar-refractivity contribution in [3.05, 3.63) is 46.5 Å². The van der Waals surface area contributed by atoms with Gasteiger partial charge >= 0.3 is 0 Å². The first-order valence-electron chi connectivity index (χ1n) is 6.79. The highest BCUT2D eigenvalue weighted by molar-refractivity contribution is 6.34. The van der Waals surface area contributed by atoms with E-state index in [1.165, 1.54) is 6.33 Å². The standard InChI is InChI=1S/C14H15Cl2N3O3/c15-12-1-11(2-13(16)3-12)14(7-19-9-17-8-18-19)21-5-10(4-20)6-22-14/h1-3,8-10,20H,4-7H2/t10-,14+. The van der Waals surface area contributed by atoms with E-state index in [0.29, 0.717) is 35.4 Å². The van der Waals surface area contributed by atoms with E-state index in [1.807, 2.05) is 0 Å². The maximum Gasteiger partial charge on any atom is 0.215 e. The Morgan fingerprint density at radius 2 is 1.91 bits per heavy atom. The van der Waals surface area contributed by atoms with Gasteiger partial charge in [-0.3, -0.25) is 0 Å². The topological polar surface area (TPSA) is 69.4 Å². The van der Waals surface area contributed by atoms with Crippen molar-refractivity contribution in [2.24, 2.45) is 5.92 Å². The van der Waals surface area contributed by atoms with Crippen LogP contribution in [0.5, 0.6) is 0 Å². The summed E-state index contributed by atoms with van der Waals surface area (Å²) in [5.41, 5.74) is 0.705. The third-order valence-corrected chi connectivity index (χ3v) is 3.94. The largest absolute Gasteiger partial charge is 0.396 e. The quantitative estimate of drug-likeness (QED) is 0.920. The molecule has 2 heterocycles. The van der Waals surface area contributed by atoms with E-state index in [0.717, 1.165) is 0 Å². The fourth-order valence-electron chi connectivity index (χ4n) is 2.35. The van der Waals surface area contributed by atoms with Gasteiger partial charge in [-0.15, -0.1) is 0 Å². The van der Waals surface area contributed by atoms with Gasteiger partial charge in [0.1, 0.15) is 19.2 Å². The zero-order valence-corrected chi connectivity index (χ0v) is 13.2. The van der Waals surface area contributed by atoms with Gasteiger partial charge in [-0.1, -0.05) is 23.2 Å².